The van der Waals surface area contributed by atoms with Crippen molar-refractivity contribution in [3.05, 3.63) is 48.2 Å². The molecule has 2 aliphatic rings. The van der Waals surface area contributed by atoms with Crippen molar-refractivity contribution in [2.24, 2.45) is 0 Å². The van der Waals surface area contributed by atoms with Gasteiger partial charge in [0.2, 0.25) is 17.3 Å². The number of carbonyl (C=O) groups is 4. The van der Waals surface area contributed by atoms with Crippen LogP contribution in [-0.4, -0.2) is 34.3 Å². The molecule has 0 radical (unpaired) electrons. The highest BCUT2D eigenvalue weighted by atomic mass is 16.5. The van der Waals surface area contributed by atoms with Crippen LogP contribution in [0.1, 0.15) is 24.8 Å². The second kappa shape index (κ2) is 7.29. The Bertz CT molecular complexity index is 1070. The summed E-state index contributed by atoms with van der Waals surface area (Å²) in [5.74, 6) is -1.44. The van der Waals surface area contributed by atoms with Crippen LogP contribution in [0.4, 0.5) is 10.5 Å². The fraction of sp³-hybridized carbons (Fsp3) is 0.200. The fourth-order valence-electron chi connectivity index (χ4n) is 3.56. The van der Waals surface area contributed by atoms with Crippen LogP contribution in [-0.2, 0) is 14.4 Å². The maximum atomic E-state index is 12.7. The number of hydrogen-bond donors (Lipinski definition) is 2. The van der Waals surface area contributed by atoms with E-state index in [0.717, 1.165) is 4.90 Å². The predicted octanol–water partition coefficient (Wildman–Crippen LogP) is 1.37. The van der Waals surface area contributed by atoms with Crippen LogP contribution >= 0.6 is 0 Å². The first-order chi connectivity index (χ1) is 14.4. The first-order valence-electron chi connectivity index (χ1n) is 9.08. The number of nitrogens with one attached hydrogen (secondary N) is 2. The highest BCUT2D eigenvalue weighted by Crippen LogP contribution is 2.36. The lowest BCUT2D eigenvalue weighted by Gasteiger charge is -2.45. The third-order valence-electron chi connectivity index (χ3n) is 4.95. The van der Waals surface area contributed by atoms with Gasteiger partial charge in [0.05, 0.1) is 23.5 Å². The van der Waals surface area contributed by atoms with E-state index in [1.54, 1.807) is 24.3 Å². The molecule has 0 unspecified atom stereocenters. The first kappa shape index (κ1) is 19.1. The third-order valence-corrected chi connectivity index (χ3v) is 4.95. The highest BCUT2D eigenvalue weighted by molar-refractivity contribution is 6.27. The van der Waals surface area contributed by atoms with E-state index in [1.807, 2.05) is 6.07 Å². The van der Waals surface area contributed by atoms with Crippen molar-refractivity contribution in [2.75, 3.05) is 4.90 Å². The third kappa shape index (κ3) is 3.12. The number of anilines is 1. The molecule has 10 nitrogen and oxygen atoms in total. The van der Waals surface area contributed by atoms with E-state index in [0.29, 0.717) is 17.7 Å². The minimum atomic E-state index is -1.85. The zero-order chi connectivity index (χ0) is 21.3. The summed E-state index contributed by atoms with van der Waals surface area (Å²) in [6.45, 7) is 0. The summed E-state index contributed by atoms with van der Waals surface area (Å²) in [4.78, 5) is 54.7. The molecule has 2 N–H and O–H groups in total. The molecule has 4 rings (SSSR count). The summed E-state index contributed by atoms with van der Waals surface area (Å²) in [5, 5.41) is 13.0. The summed E-state index contributed by atoms with van der Waals surface area (Å²) in [7, 11) is 0. The fourth-order valence-corrected chi connectivity index (χ4v) is 3.56. The molecule has 150 valence electrons. The van der Waals surface area contributed by atoms with E-state index in [1.165, 1.54) is 18.3 Å². The predicted molar refractivity (Wildman–Crippen MR) is 101 cm³/mol. The monoisotopic (exact) mass is 405 g/mol. The van der Waals surface area contributed by atoms with E-state index in [4.69, 9.17) is 10.00 Å². The Balaban J connectivity index is 1.63. The van der Waals surface area contributed by atoms with Gasteiger partial charge in [-0.2, -0.15) is 5.26 Å². The van der Waals surface area contributed by atoms with Crippen molar-refractivity contribution < 1.29 is 23.9 Å². The largest absolute Gasteiger partial charge is 0.439 e. The van der Waals surface area contributed by atoms with Crippen molar-refractivity contribution in [3.63, 3.8) is 0 Å². The molecule has 2 saturated heterocycles. The van der Waals surface area contributed by atoms with Crippen molar-refractivity contribution >= 4 is 29.4 Å². The number of pyridine rings is 1. The molecule has 2 aliphatic heterocycles. The number of aromatic nitrogens is 1. The number of benzene rings is 1. The van der Waals surface area contributed by atoms with Crippen LogP contribution in [0.5, 0.6) is 11.6 Å². The number of barbiturate groups is 1. The first-order valence-corrected chi connectivity index (χ1v) is 9.08. The van der Waals surface area contributed by atoms with Crippen LogP contribution in [0.3, 0.4) is 0 Å². The van der Waals surface area contributed by atoms with Gasteiger partial charge in [0.25, 0.3) is 11.8 Å². The zero-order valence-electron chi connectivity index (χ0n) is 15.5. The lowest BCUT2D eigenvalue weighted by Crippen LogP contribution is -2.75. The van der Waals surface area contributed by atoms with Crippen LogP contribution in [0.2, 0.25) is 0 Å². The van der Waals surface area contributed by atoms with Crippen molar-refractivity contribution in [3.8, 4) is 17.7 Å². The number of nitrogens with zero attached hydrogens (tertiary/aromatic N) is 3. The van der Waals surface area contributed by atoms with E-state index >= 15 is 0 Å². The smallest absolute Gasteiger partial charge is 0.328 e. The van der Waals surface area contributed by atoms with Gasteiger partial charge in [0.1, 0.15) is 5.75 Å². The topological polar surface area (TPSA) is 141 Å². The van der Waals surface area contributed by atoms with E-state index in [-0.39, 0.29) is 24.4 Å². The Kier molecular flexibility index (Phi) is 4.63. The molecule has 1 aromatic heterocycles. The molecule has 0 atom stereocenters. The molecule has 0 saturated carbocycles. The average Bonchev–Trinajstić information content (AvgIpc) is 2.73. The van der Waals surface area contributed by atoms with Gasteiger partial charge in [0, 0.05) is 12.5 Å². The Labute approximate surface area is 170 Å². The summed E-state index contributed by atoms with van der Waals surface area (Å²) in [6.07, 6.45) is 1.88. The standard InChI is InChI=1S/C20H15N5O5/c21-10-12-3-6-14(7-4-12)30-15-8-5-13(11-22-15)25-16(26)2-1-9-20(25)17(27)23-19(29)24-18(20)28/h3-8,11H,1-2,9H2,(H2,23,24,27,28,29). The van der Waals surface area contributed by atoms with E-state index in [9.17, 15) is 19.2 Å². The Hall–Kier alpha value is -4.26. The molecular weight excluding hydrogens is 390 g/mol. The van der Waals surface area contributed by atoms with Crippen molar-refractivity contribution in [1.82, 2.24) is 15.6 Å². The second-order valence-electron chi connectivity index (χ2n) is 6.77. The molecule has 5 amide bonds. The SMILES string of the molecule is N#Cc1ccc(Oc2ccc(N3C(=O)CCCC34C(=O)NC(=O)NC4=O)cn2)cc1. The van der Waals surface area contributed by atoms with Crippen molar-refractivity contribution in [1.29, 1.82) is 5.26 Å². The lowest BCUT2D eigenvalue weighted by molar-refractivity contribution is -0.143. The number of imide groups is 2. The van der Waals surface area contributed by atoms with Gasteiger partial charge in [-0.25, -0.2) is 9.78 Å². The molecule has 30 heavy (non-hydrogen) atoms. The van der Waals surface area contributed by atoms with Gasteiger partial charge in [-0.3, -0.25) is 29.9 Å². The normalized spacial score (nSPS) is 17.9. The Morgan fingerprint density at radius 1 is 1.03 bits per heavy atom. The van der Waals surface area contributed by atoms with Gasteiger partial charge >= 0.3 is 6.03 Å². The van der Waals surface area contributed by atoms with Gasteiger partial charge in [-0.05, 0) is 43.2 Å². The van der Waals surface area contributed by atoms with Crippen LogP contribution < -0.4 is 20.3 Å². The van der Waals surface area contributed by atoms with E-state index < -0.39 is 29.3 Å². The van der Waals surface area contributed by atoms with E-state index in [2.05, 4.69) is 15.6 Å². The number of amides is 5. The number of hydrogen-bond acceptors (Lipinski definition) is 7. The van der Waals surface area contributed by atoms with Crippen LogP contribution in [0.15, 0.2) is 42.6 Å². The molecule has 0 aliphatic carbocycles. The van der Waals surface area contributed by atoms with Crippen LogP contribution in [0.25, 0.3) is 0 Å². The quantitative estimate of drug-likeness (QED) is 0.735. The number of ether oxygens (including phenoxy) is 1. The summed E-state index contributed by atoms with van der Waals surface area (Å²) in [5.41, 5.74) is -1.13. The maximum Gasteiger partial charge on any atom is 0.328 e. The summed E-state index contributed by atoms with van der Waals surface area (Å²) >= 11 is 0. The molecule has 1 aromatic carbocycles. The molecule has 3 heterocycles. The minimum Gasteiger partial charge on any atom is -0.439 e. The second-order valence-corrected chi connectivity index (χ2v) is 6.77. The number of piperidine rings is 1. The maximum absolute atomic E-state index is 12.7. The molecule has 2 aromatic rings. The Morgan fingerprint density at radius 2 is 1.73 bits per heavy atom. The lowest BCUT2D eigenvalue weighted by atomic mass is 9.82. The number of nitriles is 1. The molecule has 10 heteroatoms. The molecule has 2 fully saturated rings. The van der Waals surface area contributed by atoms with Crippen molar-refractivity contribution in [2.45, 2.75) is 24.8 Å². The van der Waals surface area contributed by atoms with Gasteiger partial charge in [-0.15, -0.1) is 0 Å². The van der Waals surface area contributed by atoms with Gasteiger partial charge < -0.3 is 4.74 Å². The zero-order valence-corrected chi connectivity index (χ0v) is 15.5. The Morgan fingerprint density at radius 3 is 2.33 bits per heavy atom. The highest BCUT2D eigenvalue weighted by Gasteiger charge is 2.58. The minimum absolute atomic E-state index is 0.0766. The van der Waals surface area contributed by atoms with Crippen LogP contribution in [0, 0.1) is 11.3 Å². The summed E-state index contributed by atoms with van der Waals surface area (Å²) in [6, 6.07) is 10.5. The number of carbonyl (C=O) groups excluding carboxylic acids is 4. The molecule has 0 bridgehead atoms. The number of rotatable bonds is 3. The molecule has 1 spiro atoms. The average molecular weight is 405 g/mol. The van der Waals surface area contributed by atoms with Gasteiger partial charge in [0.15, 0.2) is 0 Å². The number of urea groups is 1. The molecular formula is C20H15N5O5. The summed E-state index contributed by atoms with van der Waals surface area (Å²) < 4.78 is 5.61. The van der Waals surface area contributed by atoms with Gasteiger partial charge in [-0.1, -0.05) is 0 Å².